The third-order valence-corrected chi connectivity index (χ3v) is 12.4. The van der Waals surface area contributed by atoms with Gasteiger partial charge in [0.1, 0.15) is 0 Å². The lowest BCUT2D eigenvalue weighted by molar-refractivity contribution is -0.138. The van der Waals surface area contributed by atoms with E-state index in [-0.39, 0.29) is 10.8 Å². The van der Waals surface area contributed by atoms with Crippen LogP contribution in [0.1, 0.15) is 22.3 Å². The van der Waals surface area contributed by atoms with Crippen LogP contribution in [-0.2, 0) is 24.7 Å². The predicted molar refractivity (Wildman–Crippen MR) is 235 cm³/mol. The number of aromatic amines is 1. The summed E-state index contributed by atoms with van der Waals surface area (Å²) in [4.78, 5) is 3.39. The van der Waals surface area contributed by atoms with E-state index in [1.807, 2.05) is 36.4 Å². The zero-order valence-corrected chi connectivity index (χ0v) is 33.9. The van der Waals surface area contributed by atoms with Crippen molar-refractivity contribution in [2.45, 2.75) is 24.7 Å². The van der Waals surface area contributed by atoms with E-state index in [2.05, 4.69) is 4.98 Å². The molecule has 0 amide bonds. The molecule has 334 valence electrons. The van der Waals surface area contributed by atoms with Crippen LogP contribution >= 0.6 is 0 Å². The number of halogens is 12. The maximum absolute atomic E-state index is 14.0. The van der Waals surface area contributed by atoms with Crippen molar-refractivity contribution >= 4 is 65.4 Å². The van der Waals surface area contributed by atoms with E-state index in [0.717, 1.165) is 70.3 Å². The lowest BCUT2D eigenvalue weighted by Crippen LogP contribution is -2.05. The van der Waals surface area contributed by atoms with Crippen molar-refractivity contribution in [3.63, 3.8) is 0 Å². The van der Waals surface area contributed by atoms with Crippen LogP contribution in [0.5, 0.6) is 0 Å². The third kappa shape index (κ3) is 7.02. The van der Waals surface area contributed by atoms with Crippen LogP contribution in [0.15, 0.2) is 158 Å². The van der Waals surface area contributed by atoms with Gasteiger partial charge in [0, 0.05) is 54.7 Å². The van der Waals surface area contributed by atoms with E-state index >= 15 is 0 Å². The molecule has 3 heterocycles. The standard InChI is InChI=1S/C52H27F12N3/c53-49(54,55)31-5-11-35(12-6-31)66-45-17-3-29(23-39(45)41-25-33(51(59,60)61)9-19-47(41)66)27-1-15-43-37(21-27)38-22-28(2-16-44(38)65-43)30-4-18-46-40(24-30)42-26-34(52(62,63)64)10-20-48(42)67(46)36-13-7-32(8-14-36)50(56,57)58/h1-26,65H. The second-order valence-corrected chi connectivity index (χ2v) is 16.3. The van der Waals surface area contributed by atoms with E-state index in [9.17, 15) is 52.7 Å². The summed E-state index contributed by atoms with van der Waals surface area (Å²) < 4.78 is 168. The Labute approximate surface area is 369 Å². The van der Waals surface area contributed by atoms with Gasteiger partial charge in [-0.1, -0.05) is 24.3 Å². The van der Waals surface area contributed by atoms with Crippen molar-refractivity contribution in [3.8, 4) is 33.6 Å². The maximum Gasteiger partial charge on any atom is 0.416 e. The molecule has 0 aliphatic heterocycles. The van der Waals surface area contributed by atoms with Crippen LogP contribution in [0.2, 0.25) is 0 Å². The zero-order valence-electron chi connectivity index (χ0n) is 33.9. The Morgan fingerprint density at radius 2 is 0.537 bits per heavy atom. The lowest BCUT2D eigenvalue weighted by Gasteiger charge is -2.11. The highest BCUT2D eigenvalue weighted by molar-refractivity contribution is 6.14. The molecule has 0 saturated heterocycles. The summed E-state index contributed by atoms with van der Waals surface area (Å²) in [7, 11) is 0. The maximum atomic E-state index is 14.0. The second-order valence-electron chi connectivity index (χ2n) is 16.3. The number of nitrogens with one attached hydrogen (secondary N) is 1. The fourth-order valence-corrected chi connectivity index (χ4v) is 9.17. The third-order valence-electron chi connectivity index (χ3n) is 12.4. The molecule has 0 aliphatic rings. The first-order valence-electron chi connectivity index (χ1n) is 20.4. The van der Waals surface area contributed by atoms with Gasteiger partial charge in [-0.3, -0.25) is 0 Å². The van der Waals surface area contributed by atoms with Gasteiger partial charge in [0.2, 0.25) is 0 Å². The van der Waals surface area contributed by atoms with Gasteiger partial charge < -0.3 is 14.1 Å². The molecule has 0 saturated carbocycles. The summed E-state index contributed by atoms with van der Waals surface area (Å²) in [6.45, 7) is 0. The molecule has 1 N–H and O–H groups in total. The van der Waals surface area contributed by atoms with Crippen LogP contribution < -0.4 is 0 Å². The number of hydrogen-bond donors (Lipinski definition) is 1. The van der Waals surface area contributed by atoms with Crippen LogP contribution in [0.25, 0.3) is 99.0 Å². The zero-order chi connectivity index (χ0) is 46.9. The molecular weight excluding hydrogens is 895 g/mol. The van der Waals surface area contributed by atoms with Crippen molar-refractivity contribution in [1.29, 1.82) is 0 Å². The molecule has 67 heavy (non-hydrogen) atoms. The average molecular weight is 922 g/mol. The van der Waals surface area contributed by atoms with Crippen molar-refractivity contribution in [2.75, 3.05) is 0 Å². The van der Waals surface area contributed by atoms with Crippen molar-refractivity contribution in [1.82, 2.24) is 14.1 Å². The molecular formula is C52H27F12N3. The number of rotatable bonds is 4. The van der Waals surface area contributed by atoms with Crippen molar-refractivity contribution in [2.24, 2.45) is 0 Å². The lowest BCUT2D eigenvalue weighted by atomic mass is 9.98. The Bertz CT molecular complexity index is 3540. The van der Waals surface area contributed by atoms with Gasteiger partial charge in [0.15, 0.2) is 0 Å². The average Bonchev–Trinajstić information content (AvgIpc) is 3.94. The molecule has 0 atom stereocenters. The van der Waals surface area contributed by atoms with Gasteiger partial charge in [-0.25, -0.2) is 0 Å². The summed E-state index contributed by atoms with van der Waals surface area (Å²) in [6, 6.07) is 37.1. The Balaban J connectivity index is 1.03. The quantitative estimate of drug-likeness (QED) is 0.170. The van der Waals surface area contributed by atoms with Gasteiger partial charge in [-0.05, 0) is 156 Å². The molecule has 0 spiro atoms. The Kier molecular flexibility index (Phi) is 9.03. The van der Waals surface area contributed by atoms with Crippen LogP contribution in [0.3, 0.4) is 0 Å². The minimum absolute atomic E-state index is 0.249. The van der Waals surface area contributed by atoms with Gasteiger partial charge in [-0.15, -0.1) is 0 Å². The smallest absolute Gasteiger partial charge is 0.355 e. The van der Waals surface area contributed by atoms with Gasteiger partial charge in [0.25, 0.3) is 0 Å². The highest BCUT2D eigenvalue weighted by Gasteiger charge is 2.34. The molecule has 11 rings (SSSR count). The van der Waals surface area contributed by atoms with Crippen molar-refractivity contribution in [3.05, 3.63) is 180 Å². The first-order chi connectivity index (χ1) is 31.7. The largest absolute Gasteiger partial charge is 0.416 e. The first kappa shape index (κ1) is 42.0. The molecule has 11 aromatic rings. The van der Waals surface area contributed by atoms with Gasteiger partial charge >= 0.3 is 24.7 Å². The van der Waals surface area contributed by atoms with E-state index in [1.54, 1.807) is 45.5 Å². The predicted octanol–water partition coefficient (Wildman–Crippen LogP) is 16.9. The second kappa shape index (κ2) is 14.4. The molecule has 0 bridgehead atoms. The highest BCUT2D eigenvalue weighted by atomic mass is 19.4. The topological polar surface area (TPSA) is 25.6 Å². The monoisotopic (exact) mass is 921 g/mol. The number of hydrogen-bond acceptors (Lipinski definition) is 0. The number of alkyl halides is 12. The van der Waals surface area contributed by atoms with Crippen LogP contribution in [-0.4, -0.2) is 14.1 Å². The molecule has 0 fully saturated rings. The SMILES string of the molecule is FC(F)(F)c1ccc(-n2c3ccc(-c4ccc5[nH]c6ccc(-c7ccc8c(c7)c7cc(C(F)(F)F)ccc7n8-c7ccc(C(F)(F)F)cc7)cc6c5c4)cc3c3cc(C(F)(F)F)ccc32)cc1. The minimum Gasteiger partial charge on any atom is -0.355 e. The molecule has 0 aliphatic carbocycles. The highest BCUT2D eigenvalue weighted by Crippen LogP contribution is 2.43. The summed E-state index contributed by atoms with van der Waals surface area (Å²) >= 11 is 0. The Morgan fingerprint density at radius 3 is 0.866 bits per heavy atom. The van der Waals surface area contributed by atoms with E-state index in [0.29, 0.717) is 66.5 Å². The number of nitrogens with zero attached hydrogens (tertiary/aromatic N) is 2. The molecule has 15 heteroatoms. The van der Waals surface area contributed by atoms with E-state index in [4.69, 9.17) is 0 Å². The van der Waals surface area contributed by atoms with E-state index in [1.165, 1.54) is 36.4 Å². The molecule has 0 radical (unpaired) electrons. The number of benzene rings is 8. The normalized spacial score (nSPS) is 13.1. The number of aromatic nitrogens is 3. The fourth-order valence-electron chi connectivity index (χ4n) is 9.17. The van der Waals surface area contributed by atoms with Crippen LogP contribution in [0, 0.1) is 0 Å². The Hall–Kier alpha value is -7.68. The number of H-pyrrole nitrogens is 1. The van der Waals surface area contributed by atoms with Crippen molar-refractivity contribution < 1.29 is 52.7 Å². The molecule has 0 unspecified atom stereocenters. The summed E-state index contributed by atoms with van der Waals surface area (Å²) in [5.41, 5.74) is 3.07. The van der Waals surface area contributed by atoms with E-state index < -0.39 is 47.0 Å². The summed E-state index contributed by atoms with van der Waals surface area (Å²) in [5.74, 6) is 0. The van der Waals surface area contributed by atoms with Crippen LogP contribution in [0.4, 0.5) is 52.7 Å². The molecule has 8 aromatic carbocycles. The number of fused-ring (bicyclic) bond motifs is 9. The molecule has 3 nitrogen and oxygen atoms in total. The summed E-state index contributed by atoms with van der Waals surface area (Å²) in [6.07, 6.45) is -18.5. The molecule has 3 aromatic heterocycles. The first-order valence-corrected chi connectivity index (χ1v) is 20.4. The van der Waals surface area contributed by atoms with Gasteiger partial charge in [-0.2, -0.15) is 52.7 Å². The minimum atomic E-state index is -4.66. The van der Waals surface area contributed by atoms with Gasteiger partial charge in [0.05, 0.1) is 44.3 Å². The summed E-state index contributed by atoms with van der Waals surface area (Å²) in [5, 5.41) is 2.96. The Morgan fingerprint density at radius 1 is 0.269 bits per heavy atom. The fraction of sp³-hybridized carbons (Fsp3) is 0.0769.